The molecule has 1 N–H and O–H groups in total. The van der Waals surface area contributed by atoms with Gasteiger partial charge in [-0.3, -0.25) is 9.59 Å². The second-order valence-electron chi connectivity index (χ2n) is 8.63. The minimum atomic E-state index is -4.56. The lowest BCUT2D eigenvalue weighted by Gasteiger charge is -2.33. The van der Waals surface area contributed by atoms with E-state index in [9.17, 15) is 22.8 Å². The van der Waals surface area contributed by atoms with E-state index < -0.39 is 17.6 Å². The number of carbonyl (C=O) groups is 2. The number of amides is 1. The first kappa shape index (κ1) is 22.8. The first-order valence-corrected chi connectivity index (χ1v) is 11.7. The van der Waals surface area contributed by atoms with Gasteiger partial charge in [0.1, 0.15) is 11.9 Å². The van der Waals surface area contributed by atoms with Crippen LogP contribution < -0.4 is 10.2 Å². The van der Waals surface area contributed by atoms with E-state index in [4.69, 9.17) is 4.74 Å². The monoisotopic (exact) mass is 469 g/mol. The van der Waals surface area contributed by atoms with Crippen LogP contribution in [0.2, 0.25) is 0 Å². The molecule has 0 aromatic carbocycles. The molecule has 2 fully saturated rings. The van der Waals surface area contributed by atoms with Crippen molar-refractivity contribution in [1.29, 1.82) is 0 Å². The number of aromatic nitrogens is 1. The van der Waals surface area contributed by atoms with Crippen LogP contribution in [0.5, 0.6) is 0 Å². The number of esters is 1. The van der Waals surface area contributed by atoms with E-state index in [0.717, 1.165) is 17.4 Å². The zero-order valence-corrected chi connectivity index (χ0v) is 18.8. The number of halogens is 3. The molecule has 6 nitrogen and oxygen atoms in total. The van der Waals surface area contributed by atoms with E-state index in [1.165, 1.54) is 25.3 Å². The van der Waals surface area contributed by atoms with Gasteiger partial charge in [-0.2, -0.15) is 13.2 Å². The average molecular weight is 470 g/mol. The highest BCUT2D eigenvalue weighted by Crippen LogP contribution is 2.41. The normalized spacial score (nSPS) is 18.6. The van der Waals surface area contributed by atoms with Gasteiger partial charge in [0.05, 0.1) is 21.3 Å². The molecule has 1 aliphatic heterocycles. The van der Waals surface area contributed by atoms with Crippen molar-refractivity contribution < 1.29 is 27.5 Å². The van der Waals surface area contributed by atoms with Gasteiger partial charge in [-0.1, -0.05) is 6.92 Å². The molecule has 0 bridgehead atoms. The second-order valence-corrected chi connectivity index (χ2v) is 9.51. The molecule has 32 heavy (non-hydrogen) atoms. The summed E-state index contributed by atoms with van der Waals surface area (Å²) in [4.78, 5) is 30.5. The molecule has 1 amide bonds. The highest BCUT2D eigenvalue weighted by atomic mass is 32.1. The Morgan fingerprint density at radius 3 is 2.56 bits per heavy atom. The van der Waals surface area contributed by atoms with Gasteiger partial charge in [0, 0.05) is 44.8 Å². The summed E-state index contributed by atoms with van der Waals surface area (Å²) in [6.45, 7) is 2.91. The maximum Gasteiger partial charge on any atom is 0.417 e. The van der Waals surface area contributed by atoms with Gasteiger partial charge < -0.3 is 15.0 Å². The van der Waals surface area contributed by atoms with Crippen LogP contribution in [0, 0.1) is 11.8 Å². The van der Waals surface area contributed by atoms with E-state index in [2.05, 4.69) is 17.2 Å². The number of nitrogens with one attached hydrogen (secondary N) is 1. The summed E-state index contributed by atoms with van der Waals surface area (Å²) in [5.41, 5.74) is -0.601. The Labute approximate surface area is 188 Å². The molecular weight excluding hydrogens is 443 g/mol. The van der Waals surface area contributed by atoms with Gasteiger partial charge in [-0.15, -0.1) is 11.3 Å². The fraction of sp³-hybridized carbons (Fsp3) is 0.591. The molecule has 2 aromatic rings. The van der Waals surface area contributed by atoms with Crippen LogP contribution in [0.1, 0.15) is 54.9 Å². The van der Waals surface area contributed by atoms with Crippen molar-refractivity contribution in [2.45, 2.75) is 51.3 Å². The van der Waals surface area contributed by atoms with Crippen molar-refractivity contribution in [3.63, 3.8) is 0 Å². The minimum absolute atomic E-state index is 0.0477. The van der Waals surface area contributed by atoms with E-state index in [0.29, 0.717) is 44.2 Å². The van der Waals surface area contributed by atoms with Crippen molar-refractivity contribution in [3.8, 4) is 0 Å². The molecule has 4 rings (SSSR count). The zero-order chi connectivity index (χ0) is 23.0. The Morgan fingerprint density at radius 2 is 1.97 bits per heavy atom. The highest BCUT2D eigenvalue weighted by Gasteiger charge is 2.36. The van der Waals surface area contributed by atoms with Gasteiger partial charge >= 0.3 is 12.1 Å². The van der Waals surface area contributed by atoms with Gasteiger partial charge in [0.25, 0.3) is 5.91 Å². The lowest BCUT2D eigenvalue weighted by atomic mass is 10.0. The lowest BCUT2D eigenvalue weighted by Crippen LogP contribution is -2.38. The predicted molar refractivity (Wildman–Crippen MR) is 116 cm³/mol. The molecule has 10 heteroatoms. The van der Waals surface area contributed by atoms with Gasteiger partial charge in [-0.25, -0.2) is 4.98 Å². The number of anilines is 1. The van der Waals surface area contributed by atoms with Crippen LogP contribution in [0.25, 0.3) is 10.2 Å². The summed E-state index contributed by atoms with van der Waals surface area (Å²) in [6, 6.07) is 1.05. The molecule has 2 aromatic heterocycles. The van der Waals surface area contributed by atoms with Crippen molar-refractivity contribution in [1.82, 2.24) is 10.3 Å². The standard InChI is InChI=1S/C22H26F3N3O3S/c1-12(13-3-4-13)9-18(29)31-14-5-7-28(8-6-14)17-10-16(22(23,24)25)20-19(27-17)15(11-32-20)21(30)26-2/h10-14H,3-9H2,1-2H3,(H,26,30)/t12-/m1/s1. The number of fused-ring (bicyclic) bond motifs is 1. The topological polar surface area (TPSA) is 71.5 Å². The smallest absolute Gasteiger partial charge is 0.417 e. The van der Waals surface area contributed by atoms with E-state index in [-0.39, 0.29) is 33.7 Å². The third kappa shape index (κ3) is 4.84. The number of carbonyl (C=O) groups excluding carboxylic acids is 2. The predicted octanol–water partition coefficient (Wildman–Crippen LogP) is 4.62. The number of hydrogen-bond donors (Lipinski definition) is 1. The number of thiophene rings is 1. The molecule has 174 valence electrons. The van der Waals surface area contributed by atoms with Crippen LogP contribution in [0.3, 0.4) is 0 Å². The Hall–Kier alpha value is -2.36. The molecule has 1 atom stereocenters. The first-order chi connectivity index (χ1) is 15.2. The molecule has 3 heterocycles. The summed E-state index contributed by atoms with van der Waals surface area (Å²) in [5, 5.41) is 3.86. The molecule has 1 saturated carbocycles. The SMILES string of the molecule is CNC(=O)c1csc2c(C(F)(F)F)cc(N3CCC(OC(=O)C[C@@H](C)C4CC4)CC3)nc12. The lowest BCUT2D eigenvalue weighted by molar-refractivity contribution is -0.151. The fourth-order valence-electron chi connectivity index (χ4n) is 4.20. The van der Waals surface area contributed by atoms with Crippen LogP contribution in [-0.4, -0.2) is 43.1 Å². The number of ether oxygens (including phenoxy) is 1. The molecule has 0 spiro atoms. The van der Waals surface area contributed by atoms with Crippen LogP contribution in [0.4, 0.5) is 19.0 Å². The van der Waals surface area contributed by atoms with E-state index >= 15 is 0 Å². The number of rotatable bonds is 6. The van der Waals surface area contributed by atoms with E-state index in [1.54, 1.807) is 4.90 Å². The molecule has 2 aliphatic rings. The molecule has 1 aliphatic carbocycles. The Morgan fingerprint density at radius 1 is 1.28 bits per heavy atom. The second kappa shape index (κ2) is 8.88. The van der Waals surface area contributed by atoms with Crippen molar-refractivity contribution in [3.05, 3.63) is 22.6 Å². The summed E-state index contributed by atoms with van der Waals surface area (Å²) in [7, 11) is 1.43. The van der Waals surface area contributed by atoms with Gasteiger partial charge in [0.15, 0.2) is 0 Å². The third-order valence-electron chi connectivity index (χ3n) is 6.27. The molecular formula is C22H26F3N3O3S. The molecule has 1 saturated heterocycles. The van der Waals surface area contributed by atoms with Gasteiger partial charge in [-0.05, 0) is 30.7 Å². The average Bonchev–Trinajstić information content (AvgIpc) is 3.52. The maximum atomic E-state index is 13.7. The molecule has 0 radical (unpaired) electrons. The number of hydrogen-bond acceptors (Lipinski definition) is 6. The minimum Gasteiger partial charge on any atom is -0.462 e. The van der Waals surface area contributed by atoms with Crippen molar-refractivity contribution in [2.24, 2.45) is 11.8 Å². The summed E-state index contributed by atoms with van der Waals surface area (Å²) in [6.07, 6.45) is -0.983. The largest absolute Gasteiger partial charge is 0.462 e. The third-order valence-corrected chi connectivity index (χ3v) is 7.27. The Kier molecular flexibility index (Phi) is 6.33. The molecule has 0 unspecified atom stereocenters. The number of alkyl halides is 3. The zero-order valence-electron chi connectivity index (χ0n) is 18.0. The summed E-state index contributed by atoms with van der Waals surface area (Å²) >= 11 is 0.865. The van der Waals surface area contributed by atoms with Crippen LogP contribution in [0.15, 0.2) is 11.4 Å². The highest BCUT2D eigenvalue weighted by molar-refractivity contribution is 7.17. The fourth-order valence-corrected chi connectivity index (χ4v) is 5.22. The Bertz CT molecular complexity index is 1010. The van der Waals surface area contributed by atoms with E-state index in [1.807, 2.05) is 0 Å². The first-order valence-electron chi connectivity index (χ1n) is 10.8. The summed E-state index contributed by atoms with van der Waals surface area (Å²) < 4.78 is 46.8. The number of piperidine rings is 1. The van der Waals surface area contributed by atoms with Gasteiger partial charge in [0.2, 0.25) is 0 Å². The van der Waals surface area contributed by atoms with Crippen molar-refractivity contribution >= 4 is 39.2 Å². The maximum absolute atomic E-state index is 13.7. The quantitative estimate of drug-likeness (QED) is 0.625. The number of nitrogens with zero attached hydrogens (tertiary/aromatic N) is 2. The van der Waals surface area contributed by atoms with Crippen LogP contribution in [-0.2, 0) is 15.7 Å². The Balaban J connectivity index is 1.49. The number of pyridine rings is 1. The van der Waals surface area contributed by atoms with Crippen molar-refractivity contribution in [2.75, 3.05) is 25.0 Å². The van der Waals surface area contributed by atoms with Crippen LogP contribution >= 0.6 is 11.3 Å². The summed E-state index contributed by atoms with van der Waals surface area (Å²) in [5.74, 6) is 0.472.